The van der Waals surface area contributed by atoms with Crippen LogP contribution in [0.4, 0.5) is 5.95 Å². The first-order chi connectivity index (χ1) is 7.40. The summed E-state index contributed by atoms with van der Waals surface area (Å²) >= 11 is 0. The van der Waals surface area contributed by atoms with Gasteiger partial charge in [-0.15, -0.1) is 0 Å². The normalized spacial score (nSPS) is 29.8. The zero-order valence-electron chi connectivity index (χ0n) is 9.19. The standard InChI is InChI=1S/C11H18N4/c1-2-14-6-4-13-11(14)15-5-3-9-7-12-8-10(9)15/h4,6,9-10,12H,2-3,5,7-8H2,1H3/t9-,10+/m0/s1. The van der Waals surface area contributed by atoms with Crippen molar-refractivity contribution in [1.29, 1.82) is 0 Å². The molecule has 3 rings (SSSR count). The van der Waals surface area contributed by atoms with E-state index in [1.54, 1.807) is 0 Å². The minimum atomic E-state index is 0.678. The van der Waals surface area contributed by atoms with Crippen LogP contribution in [0.2, 0.25) is 0 Å². The molecule has 2 atom stereocenters. The number of imidazole rings is 1. The molecule has 0 spiro atoms. The van der Waals surface area contributed by atoms with Crippen molar-refractivity contribution in [3.05, 3.63) is 12.4 Å². The Kier molecular flexibility index (Phi) is 2.16. The second-order valence-electron chi connectivity index (χ2n) is 4.48. The molecule has 4 heteroatoms. The number of nitrogens with one attached hydrogen (secondary N) is 1. The highest BCUT2D eigenvalue weighted by molar-refractivity contribution is 5.36. The Bertz CT molecular complexity index is 346. The van der Waals surface area contributed by atoms with Gasteiger partial charge >= 0.3 is 0 Å². The van der Waals surface area contributed by atoms with Crippen LogP contribution >= 0.6 is 0 Å². The average Bonchev–Trinajstić information content (AvgIpc) is 2.92. The zero-order chi connectivity index (χ0) is 10.3. The smallest absolute Gasteiger partial charge is 0.205 e. The Balaban J connectivity index is 1.88. The Morgan fingerprint density at radius 1 is 1.53 bits per heavy atom. The second-order valence-corrected chi connectivity index (χ2v) is 4.48. The molecule has 0 amide bonds. The highest BCUT2D eigenvalue weighted by Crippen LogP contribution is 2.30. The summed E-state index contributed by atoms with van der Waals surface area (Å²) in [6, 6.07) is 0.678. The van der Waals surface area contributed by atoms with E-state index in [1.165, 1.54) is 19.5 Å². The van der Waals surface area contributed by atoms with Crippen molar-refractivity contribution < 1.29 is 0 Å². The number of anilines is 1. The summed E-state index contributed by atoms with van der Waals surface area (Å²) in [4.78, 5) is 6.97. The summed E-state index contributed by atoms with van der Waals surface area (Å²) in [6.07, 6.45) is 5.30. The minimum Gasteiger partial charge on any atom is -0.338 e. The van der Waals surface area contributed by atoms with E-state index in [1.807, 2.05) is 6.20 Å². The van der Waals surface area contributed by atoms with E-state index >= 15 is 0 Å². The molecule has 1 aromatic heterocycles. The molecule has 0 saturated carbocycles. The maximum atomic E-state index is 4.49. The van der Waals surface area contributed by atoms with Gasteiger partial charge in [-0.05, 0) is 19.3 Å². The van der Waals surface area contributed by atoms with E-state index in [4.69, 9.17) is 0 Å². The molecule has 0 bridgehead atoms. The van der Waals surface area contributed by atoms with Crippen LogP contribution in [0.5, 0.6) is 0 Å². The van der Waals surface area contributed by atoms with E-state index in [9.17, 15) is 0 Å². The molecule has 1 aromatic rings. The van der Waals surface area contributed by atoms with Gasteiger partial charge in [0.25, 0.3) is 0 Å². The number of hydrogen-bond donors (Lipinski definition) is 1. The van der Waals surface area contributed by atoms with Gasteiger partial charge in [-0.3, -0.25) is 0 Å². The lowest BCUT2D eigenvalue weighted by Crippen LogP contribution is -2.35. The topological polar surface area (TPSA) is 33.1 Å². The van der Waals surface area contributed by atoms with Gasteiger partial charge in [0.15, 0.2) is 0 Å². The minimum absolute atomic E-state index is 0.678. The van der Waals surface area contributed by atoms with Crippen LogP contribution in [0.1, 0.15) is 13.3 Å². The van der Waals surface area contributed by atoms with Crippen molar-refractivity contribution >= 4 is 5.95 Å². The Labute approximate surface area is 90.3 Å². The van der Waals surface area contributed by atoms with E-state index in [-0.39, 0.29) is 0 Å². The van der Waals surface area contributed by atoms with Crippen molar-refractivity contribution in [2.75, 3.05) is 24.5 Å². The molecular formula is C11H18N4. The number of nitrogens with zero attached hydrogens (tertiary/aromatic N) is 3. The van der Waals surface area contributed by atoms with Gasteiger partial charge in [-0.2, -0.15) is 0 Å². The molecule has 0 aromatic carbocycles. The van der Waals surface area contributed by atoms with Crippen LogP contribution in [0.3, 0.4) is 0 Å². The van der Waals surface area contributed by atoms with Crippen molar-refractivity contribution in [3.63, 3.8) is 0 Å². The summed E-state index contributed by atoms with van der Waals surface area (Å²) in [5.41, 5.74) is 0. The third-order valence-corrected chi connectivity index (χ3v) is 3.74. The first-order valence-corrected chi connectivity index (χ1v) is 5.88. The summed E-state index contributed by atoms with van der Waals surface area (Å²) in [6.45, 7) is 6.67. The van der Waals surface area contributed by atoms with Crippen molar-refractivity contribution in [1.82, 2.24) is 14.9 Å². The Morgan fingerprint density at radius 2 is 2.47 bits per heavy atom. The fourth-order valence-electron chi connectivity index (χ4n) is 2.90. The monoisotopic (exact) mass is 206 g/mol. The van der Waals surface area contributed by atoms with Crippen molar-refractivity contribution in [2.45, 2.75) is 25.9 Å². The van der Waals surface area contributed by atoms with Gasteiger partial charge in [-0.25, -0.2) is 4.98 Å². The SMILES string of the molecule is CCn1ccnc1N1CC[C@H]2CNC[C@H]21. The summed E-state index contributed by atoms with van der Waals surface area (Å²) < 4.78 is 2.24. The number of aromatic nitrogens is 2. The van der Waals surface area contributed by atoms with Crippen molar-refractivity contribution in [2.24, 2.45) is 5.92 Å². The van der Waals surface area contributed by atoms with E-state index in [0.717, 1.165) is 25.0 Å². The Hall–Kier alpha value is -1.03. The third kappa shape index (κ3) is 1.35. The molecule has 2 saturated heterocycles. The van der Waals surface area contributed by atoms with E-state index < -0.39 is 0 Å². The third-order valence-electron chi connectivity index (χ3n) is 3.74. The molecule has 1 N–H and O–H groups in total. The highest BCUT2D eigenvalue weighted by atomic mass is 15.3. The Morgan fingerprint density at radius 3 is 3.33 bits per heavy atom. The van der Waals surface area contributed by atoms with Crippen LogP contribution in [0, 0.1) is 5.92 Å². The largest absolute Gasteiger partial charge is 0.338 e. The number of hydrogen-bond acceptors (Lipinski definition) is 3. The van der Waals surface area contributed by atoms with Gasteiger partial charge in [0.05, 0.1) is 0 Å². The van der Waals surface area contributed by atoms with Gasteiger partial charge < -0.3 is 14.8 Å². The molecule has 4 nitrogen and oxygen atoms in total. The van der Waals surface area contributed by atoms with Crippen LogP contribution in [0.25, 0.3) is 0 Å². The summed E-state index contributed by atoms with van der Waals surface area (Å²) in [5.74, 6) is 2.00. The molecule has 2 aliphatic heterocycles. The first kappa shape index (κ1) is 9.21. The van der Waals surface area contributed by atoms with E-state index in [2.05, 4.69) is 32.9 Å². The molecule has 2 fully saturated rings. The average molecular weight is 206 g/mol. The van der Waals surface area contributed by atoms with Crippen LogP contribution in [-0.2, 0) is 6.54 Å². The number of rotatable bonds is 2. The van der Waals surface area contributed by atoms with Gasteiger partial charge in [0, 0.05) is 44.6 Å². The predicted molar refractivity (Wildman–Crippen MR) is 60.0 cm³/mol. The highest BCUT2D eigenvalue weighted by Gasteiger charge is 2.38. The van der Waals surface area contributed by atoms with Crippen LogP contribution < -0.4 is 10.2 Å². The van der Waals surface area contributed by atoms with Crippen molar-refractivity contribution in [3.8, 4) is 0 Å². The van der Waals surface area contributed by atoms with E-state index in [0.29, 0.717) is 6.04 Å². The molecule has 0 unspecified atom stereocenters. The van der Waals surface area contributed by atoms with Crippen LogP contribution in [0.15, 0.2) is 12.4 Å². The molecule has 15 heavy (non-hydrogen) atoms. The number of aryl methyl sites for hydroxylation is 1. The fraction of sp³-hybridized carbons (Fsp3) is 0.727. The lowest BCUT2D eigenvalue weighted by molar-refractivity contribution is 0.571. The zero-order valence-corrected chi connectivity index (χ0v) is 9.19. The van der Waals surface area contributed by atoms with Gasteiger partial charge in [0.1, 0.15) is 0 Å². The fourth-order valence-corrected chi connectivity index (χ4v) is 2.90. The lowest BCUT2D eigenvalue weighted by Gasteiger charge is -2.24. The number of fused-ring (bicyclic) bond motifs is 1. The lowest BCUT2D eigenvalue weighted by atomic mass is 10.1. The summed E-state index contributed by atoms with van der Waals surface area (Å²) in [7, 11) is 0. The molecular weight excluding hydrogens is 188 g/mol. The van der Waals surface area contributed by atoms with Gasteiger partial charge in [0.2, 0.25) is 5.95 Å². The molecule has 0 aliphatic carbocycles. The molecule has 82 valence electrons. The second kappa shape index (κ2) is 3.52. The maximum Gasteiger partial charge on any atom is 0.205 e. The van der Waals surface area contributed by atoms with Crippen LogP contribution in [-0.4, -0.2) is 35.2 Å². The molecule has 0 radical (unpaired) electrons. The van der Waals surface area contributed by atoms with Gasteiger partial charge in [-0.1, -0.05) is 0 Å². The summed E-state index contributed by atoms with van der Waals surface area (Å²) in [5, 5.41) is 3.47. The first-order valence-electron chi connectivity index (χ1n) is 5.88. The quantitative estimate of drug-likeness (QED) is 0.773. The maximum absolute atomic E-state index is 4.49. The molecule has 2 aliphatic rings. The predicted octanol–water partition coefficient (Wildman–Crippen LogP) is 0.701. The molecule has 3 heterocycles.